The molecule has 0 aliphatic carbocycles. The van der Waals surface area contributed by atoms with E-state index in [0.29, 0.717) is 58.0 Å². The highest BCUT2D eigenvalue weighted by Crippen LogP contribution is 2.58. The van der Waals surface area contributed by atoms with E-state index in [1.807, 2.05) is 109 Å². The summed E-state index contributed by atoms with van der Waals surface area (Å²) in [5, 5.41) is 20.9. The van der Waals surface area contributed by atoms with Gasteiger partial charge in [-0.15, -0.1) is 0 Å². The van der Waals surface area contributed by atoms with Crippen molar-refractivity contribution in [2.45, 2.75) is 44.4 Å². The van der Waals surface area contributed by atoms with Gasteiger partial charge in [0.1, 0.15) is 39.8 Å². The van der Waals surface area contributed by atoms with Crippen LogP contribution in [0.5, 0.6) is 28.7 Å². The molecule has 0 bridgehead atoms. The van der Waals surface area contributed by atoms with Gasteiger partial charge in [-0.25, -0.2) is 0 Å². The minimum absolute atomic E-state index is 0.212. The molecule has 0 saturated carbocycles. The smallest absolute Gasteiger partial charge is 0.157 e. The topological polar surface area (TPSA) is 77.4 Å². The van der Waals surface area contributed by atoms with E-state index in [-0.39, 0.29) is 17.4 Å². The van der Waals surface area contributed by atoms with Crippen LogP contribution in [0, 0.1) is 0 Å². The molecule has 1 aliphatic heterocycles. The Morgan fingerprint density at radius 2 is 1.06 bits per heavy atom. The minimum atomic E-state index is -0.678. The lowest BCUT2D eigenvalue weighted by Gasteiger charge is -2.41. The standard InChI is InChI=1S/C43H36Br2O6/c44-37-41(49-26-30-17-9-3-10-18-30)36-33(23-28-13-5-1-6-14-28)40(48-25-29-15-7-2-8-16-29)39(32-21-22-34(46)35(47)24-32)51-42(36)38(45)43(37)50-27-31-19-11-4-12-20-31/h1-22,24,33,39-40,46-47H,23,25-27H2/t33?,39-,40-/m1/s1. The number of phenols is 2. The molecule has 51 heavy (non-hydrogen) atoms. The molecule has 1 heterocycles. The third-order valence-electron chi connectivity index (χ3n) is 8.96. The van der Waals surface area contributed by atoms with Crippen LogP contribution < -0.4 is 14.2 Å². The highest BCUT2D eigenvalue weighted by Gasteiger charge is 2.45. The zero-order valence-corrected chi connectivity index (χ0v) is 30.8. The Hall–Kier alpha value is -4.76. The molecule has 0 spiro atoms. The molecule has 1 aliphatic rings. The van der Waals surface area contributed by atoms with Crippen molar-refractivity contribution in [2.24, 2.45) is 0 Å². The number of aromatic hydroxyl groups is 2. The number of halogens is 2. The fourth-order valence-corrected chi connectivity index (χ4v) is 7.95. The van der Waals surface area contributed by atoms with Gasteiger partial charge in [0, 0.05) is 11.5 Å². The van der Waals surface area contributed by atoms with Crippen LogP contribution >= 0.6 is 31.9 Å². The molecule has 0 fully saturated rings. The molecule has 0 amide bonds. The molecule has 6 aromatic rings. The van der Waals surface area contributed by atoms with Crippen LogP contribution in [-0.4, -0.2) is 16.3 Å². The molecule has 1 unspecified atom stereocenters. The molecule has 6 nitrogen and oxygen atoms in total. The second-order valence-corrected chi connectivity index (χ2v) is 14.0. The summed E-state index contributed by atoms with van der Waals surface area (Å²) < 4.78 is 28.5. The largest absolute Gasteiger partial charge is 0.504 e. The lowest BCUT2D eigenvalue weighted by molar-refractivity contribution is -0.0644. The van der Waals surface area contributed by atoms with Crippen molar-refractivity contribution in [3.05, 3.63) is 182 Å². The summed E-state index contributed by atoms with van der Waals surface area (Å²) in [5.41, 5.74) is 5.63. The molecule has 0 aromatic heterocycles. The van der Waals surface area contributed by atoms with E-state index < -0.39 is 12.2 Å². The number of hydrogen-bond acceptors (Lipinski definition) is 6. The third kappa shape index (κ3) is 7.94. The highest BCUT2D eigenvalue weighted by atomic mass is 79.9. The Bertz CT molecular complexity index is 2060. The quantitative estimate of drug-likeness (QED) is 0.120. The number of ether oxygens (including phenoxy) is 4. The first-order valence-corrected chi connectivity index (χ1v) is 18.3. The molecule has 8 heteroatoms. The number of phenolic OH excluding ortho intramolecular Hbond substituents is 2. The molecular weight excluding hydrogens is 772 g/mol. The Morgan fingerprint density at radius 3 is 1.61 bits per heavy atom. The monoisotopic (exact) mass is 806 g/mol. The molecule has 7 rings (SSSR count). The molecule has 6 aromatic carbocycles. The number of fused-ring (bicyclic) bond motifs is 1. The average molecular weight is 809 g/mol. The SMILES string of the molecule is Oc1ccc([C@H]2Oc3c(Br)c(OCc4ccccc4)c(Br)c(OCc4ccccc4)c3C(Cc3ccccc3)[C@H]2OCc2ccccc2)cc1O. The zero-order chi connectivity index (χ0) is 35.2. The molecule has 2 N–H and O–H groups in total. The van der Waals surface area contributed by atoms with E-state index in [9.17, 15) is 10.2 Å². The van der Waals surface area contributed by atoms with Crippen molar-refractivity contribution in [1.29, 1.82) is 0 Å². The van der Waals surface area contributed by atoms with Crippen LogP contribution in [0.25, 0.3) is 0 Å². The fourth-order valence-electron chi connectivity index (χ4n) is 6.42. The van der Waals surface area contributed by atoms with Gasteiger partial charge in [-0.3, -0.25) is 0 Å². The zero-order valence-electron chi connectivity index (χ0n) is 27.6. The van der Waals surface area contributed by atoms with Crippen molar-refractivity contribution >= 4 is 31.9 Å². The van der Waals surface area contributed by atoms with Crippen LogP contribution in [0.2, 0.25) is 0 Å². The summed E-state index contributed by atoms with van der Waals surface area (Å²) in [6.45, 7) is 0.964. The normalized spacial score (nSPS) is 16.5. The summed E-state index contributed by atoms with van der Waals surface area (Å²) in [5.74, 6) is 0.953. The molecule has 258 valence electrons. The maximum absolute atomic E-state index is 10.7. The second kappa shape index (κ2) is 16.1. The Kier molecular flexibility index (Phi) is 10.9. The first kappa shape index (κ1) is 34.7. The van der Waals surface area contributed by atoms with Crippen LogP contribution in [0.4, 0.5) is 0 Å². The van der Waals surface area contributed by atoms with Gasteiger partial charge >= 0.3 is 0 Å². The fraction of sp³-hybridized carbons (Fsp3) is 0.163. The third-order valence-corrected chi connectivity index (χ3v) is 10.4. The van der Waals surface area contributed by atoms with Crippen LogP contribution in [0.15, 0.2) is 148 Å². The molecule has 0 radical (unpaired) electrons. The predicted octanol–water partition coefficient (Wildman–Crippen LogP) is 10.8. The van der Waals surface area contributed by atoms with E-state index in [0.717, 1.165) is 27.8 Å². The van der Waals surface area contributed by atoms with Crippen molar-refractivity contribution in [3.8, 4) is 28.7 Å². The summed E-state index contributed by atoms with van der Waals surface area (Å²) >= 11 is 7.80. The van der Waals surface area contributed by atoms with Gasteiger partial charge in [-0.05, 0) is 78.2 Å². The van der Waals surface area contributed by atoms with Gasteiger partial charge < -0.3 is 29.2 Å². The molecule has 0 saturated heterocycles. The van der Waals surface area contributed by atoms with Crippen molar-refractivity contribution in [2.75, 3.05) is 0 Å². The Balaban J connectivity index is 1.40. The number of hydrogen-bond donors (Lipinski definition) is 2. The summed E-state index contributed by atoms with van der Waals surface area (Å²) in [6.07, 6.45) is -0.624. The first-order chi connectivity index (χ1) is 25.0. The van der Waals surface area contributed by atoms with Crippen molar-refractivity contribution in [1.82, 2.24) is 0 Å². The average Bonchev–Trinajstić information content (AvgIpc) is 3.17. The maximum Gasteiger partial charge on any atom is 0.157 e. The maximum atomic E-state index is 10.7. The van der Waals surface area contributed by atoms with E-state index in [4.69, 9.17) is 18.9 Å². The Morgan fingerprint density at radius 1 is 0.549 bits per heavy atom. The van der Waals surface area contributed by atoms with Crippen molar-refractivity contribution in [3.63, 3.8) is 0 Å². The lowest BCUT2D eigenvalue weighted by Crippen LogP contribution is -2.38. The van der Waals surface area contributed by atoms with Gasteiger partial charge in [0.05, 0.1) is 6.61 Å². The lowest BCUT2D eigenvalue weighted by atomic mass is 9.80. The predicted molar refractivity (Wildman–Crippen MR) is 204 cm³/mol. The minimum Gasteiger partial charge on any atom is -0.504 e. The second-order valence-electron chi connectivity index (χ2n) is 12.4. The first-order valence-electron chi connectivity index (χ1n) is 16.7. The summed E-state index contributed by atoms with van der Waals surface area (Å²) in [6, 6.07) is 45.1. The molecule has 3 atom stereocenters. The Labute approximate surface area is 314 Å². The summed E-state index contributed by atoms with van der Waals surface area (Å²) in [7, 11) is 0. The molecular formula is C43H36Br2O6. The van der Waals surface area contributed by atoms with E-state index in [1.165, 1.54) is 12.1 Å². The van der Waals surface area contributed by atoms with E-state index in [1.54, 1.807) is 6.07 Å². The number of benzene rings is 6. The van der Waals surface area contributed by atoms with Gasteiger partial charge in [0.2, 0.25) is 0 Å². The van der Waals surface area contributed by atoms with Gasteiger partial charge in [-0.2, -0.15) is 0 Å². The number of rotatable bonds is 12. The highest BCUT2D eigenvalue weighted by molar-refractivity contribution is 9.11. The van der Waals surface area contributed by atoms with E-state index >= 15 is 0 Å². The van der Waals surface area contributed by atoms with Crippen LogP contribution in [0.1, 0.15) is 45.4 Å². The summed E-state index contributed by atoms with van der Waals surface area (Å²) in [4.78, 5) is 0. The van der Waals surface area contributed by atoms with Crippen LogP contribution in [-0.2, 0) is 31.0 Å². The van der Waals surface area contributed by atoms with Gasteiger partial charge in [0.15, 0.2) is 23.4 Å². The van der Waals surface area contributed by atoms with Gasteiger partial charge in [0.25, 0.3) is 0 Å². The van der Waals surface area contributed by atoms with Crippen LogP contribution in [0.3, 0.4) is 0 Å². The van der Waals surface area contributed by atoms with Gasteiger partial charge in [-0.1, -0.05) is 127 Å². The van der Waals surface area contributed by atoms with E-state index in [2.05, 4.69) is 44.0 Å². The van der Waals surface area contributed by atoms with Crippen molar-refractivity contribution < 1.29 is 29.2 Å².